The molecule has 5 nitrogen and oxygen atoms in total. The SMILES string of the molecule is CC(C)(c1ccccc1)c1ccc(OCc2ccc(C(=O)N3CCN(Cc4cccc(F)c4F)CC3)o2)cc1. The molecule has 1 fully saturated rings. The number of benzene rings is 3. The summed E-state index contributed by atoms with van der Waals surface area (Å²) in [5.41, 5.74) is 2.62. The van der Waals surface area contributed by atoms with Crippen molar-refractivity contribution in [3.63, 3.8) is 0 Å². The molecule has 0 aliphatic carbocycles. The van der Waals surface area contributed by atoms with Crippen LogP contribution in [0.25, 0.3) is 0 Å². The van der Waals surface area contributed by atoms with Crippen LogP contribution in [0.2, 0.25) is 0 Å². The molecule has 202 valence electrons. The maximum atomic E-state index is 14.0. The van der Waals surface area contributed by atoms with Crippen LogP contribution in [0.1, 0.15) is 46.9 Å². The molecule has 0 bridgehead atoms. The summed E-state index contributed by atoms with van der Waals surface area (Å²) in [5, 5.41) is 0. The molecule has 0 N–H and O–H groups in total. The van der Waals surface area contributed by atoms with E-state index < -0.39 is 11.6 Å². The third-order valence-electron chi connectivity index (χ3n) is 7.41. The topological polar surface area (TPSA) is 45.9 Å². The molecule has 1 amide bonds. The van der Waals surface area contributed by atoms with Crippen molar-refractivity contribution in [1.82, 2.24) is 9.80 Å². The van der Waals surface area contributed by atoms with Gasteiger partial charge >= 0.3 is 0 Å². The molecule has 0 unspecified atom stereocenters. The van der Waals surface area contributed by atoms with Crippen molar-refractivity contribution in [2.45, 2.75) is 32.4 Å². The van der Waals surface area contributed by atoms with Gasteiger partial charge in [0.15, 0.2) is 17.4 Å². The fourth-order valence-corrected chi connectivity index (χ4v) is 4.89. The van der Waals surface area contributed by atoms with E-state index in [2.05, 4.69) is 50.2 Å². The molecule has 0 atom stereocenters. The van der Waals surface area contributed by atoms with E-state index in [-0.39, 0.29) is 23.7 Å². The van der Waals surface area contributed by atoms with E-state index in [0.717, 1.165) is 11.8 Å². The van der Waals surface area contributed by atoms with E-state index in [0.29, 0.717) is 44.0 Å². The van der Waals surface area contributed by atoms with Crippen molar-refractivity contribution in [3.05, 3.63) is 125 Å². The van der Waals surface area contributed by atoms with Gasteiger partial charge < -0.3 is 14.1 Å². The molecule has 0 radical (unpaired) electrons. The van der Waals surface area contributed by atoms with E-state index >= 15 is 0 Å². The molecular formula is C32H32F2N2O3. The van der Waals surface area contributed by atoms with E-state index in [4.69, 9.17) is 9.15 Å². The highest BCUT2D eigenvalue weighted by Crippen LogP contribution is 2.32. The van der Waals surface area contributed by atoms with Gasteiger partial charge in [0.2, 0.25) is 0 Å². The average Bonchev–Trinajstić information content (AvgIpc) is 3.44. The van der Waals surface area contributed by atoms with Crippen molar-refractivity contribution in [1.29, 1.82) is 0 Å². The van der Waals surface area contributed by atoms with Crippen LogP contribution in [0.3, 0.4) is 0 Å². The minimum atomic E-state index is -0.845. The van der Waals surface area contributed by atoms with E-state index in [1.54, 1.807) is 23.1 Å². The fraction of sp³-hybridized carbons (Fsp3) is 0.281. The van der Waals surface area contributed by atoms with Gasteiger partial charge in [-0.2, -0.15) is 0 Å². The average molecular weight is 531 g/mol. The normalized spacial score (nSPS) is 14.4. The van der Waals surface area contributed by atoms with E-state index in [1.807, 2.05) is 23.1 Å². The molecule has 1 aromatic heterocycles. The fourth-order valence-electron chi connectivity index (χ4n) is 4.89. The zero-order valence-corrected chi connectivity index (χ0v) is 22.2. The molecule has 5 rings (SSSR count). The van der Waals surface area contributed by atoms with Crippen molar-refractivity contribution in [2.24, 2.45) is 0 Å². The summed E-state index contributed by atoms with van der Waals surface area (Å²) < 4.78 is 39.2. The quantitative estimate of drug-likeness (QED) is 0.264. The third-order valence-corrected chi connectivity index (χ3v) is 7.41. The Morgan fingerprint density at radius 1 is 0.846 bits per heavy atom. The lowest BCUT2D eigenvalue weighted by Gasteiger charge is -2.34. The number of carbonyl (C=O) groups is 1. The highest BCUT2D eigenvalue weighted by molar-refractivity contribution is 5.91. The van der Waals surface area contributed by atoms with Gasteiger partial charge in [-0.3, -0.25) is 9.69 Å². The second kappa shape index (κ2) is 11.4. The van der Waals surface area contributed by atoms with Crippen LogP contribution in [0.5, 0.6) is 5.75 Å². The lowest BCUT2D eigenvalue weighted by Crippen LogP contribution is -2.48. The first-order valence-electron chi connectivity index (χ1n) is 13.1. The molecule has 1 saturated heterocycles. The Balaban J connectivity index is 1.12. The van der Waals surface area contributed by atoms with Crippen LogP contribution in [0.4, 0.5) is 8.78 Å². The first-order valence-corrected chi connectivity index (χ1v) is 13.1. The number of piperazine rings is 1. The molecule has 1 aliphatic heterocycles. The maximum Gasteiger partial charge on any atom is 0.289 e. The smallest absolute Gasteiger partial charge is 0.289 e. The molecule has 0 saturated carbocycles. The van der Waals surface area contributed by atoms with Crippen LogP contribution in [0, 0.1) is 11.6 Å². The summed E-state index contributed by atoms with van der Waals surface area (Å²) in [6, 6.07) is 26.1. The zero-order valence-electron chi connectivity index (χ0n) is 22.2. The van der Waals surface area contributed by atoms with E-state index in [9.17, 15) is 13.6 Å². The van der Waals surface area contributed by atoms with E-state index in [1.165, 1.54) is 17.2 Å². The predicted octanol–water partition coefficient (Wildman–Crippen LogP) is 6.42. The predicted molar refractivity (Wildman–Crippen MR) is 146 cm³/mol. The molecule has 4 aromatic rings. The van der Waals surface area contributed by atoms with Crippen LogP contribution < -0.4 is 4.74 Å². The Labute approximate surface area is 227 Å². The highest BCUT2D eigenvalue weighted by atomic mass is 19.2. The molecule has 7 heteroatoms. The Morgan fingerprint density at radius 2 is 1.54 bits per heavy atom. The van der Waals surface area contributed by atoms with Gasteiger partial charge in [0.1, 0.15) is 18.1 Å². The van der Waals surface area contributed by atoms with Crippen molar-refractivity contribution in [2.75, 3.05) is 26.2 Å². The summed E-state index contributed by atoms with van der Waals surface area (Å²) in [6.07, 6.45) is 0. The Hall–Kier alpha value is -3.97. The number of nitrogens with zero attached hydrogens (tertiary/aromatic N) is 2. The Morgan fingerprint density at radius 3 is 2.26 bits per heavy atom. The number of rotatable bonds is 8. The summed E-state index contributed by atoms with van der Waals surface area (Å²) in [6.45, 7) is 7.00. The zero-order chi connectivity index (χ0) is 27.4. The number of ether oxygens (including phenoxy) is 1. The van der Waals surface area contributed by atoms with Gasteiger partial charge in [-0.05, 0) is 41.5 Å². The number of hydrogen-bond donors (Lipinski definition) is 0. The van der Waals surface area contributed by atoms with Crippen molar-refractivity contribution in [3.8, 4) is 5.75 Å². The van der Waals surface area contributed by atoms with Gasteiger partial charge in [0.05, 0.1) is 0 Å². The number of halogens is 2. The molecule has 2 heterocycles. The van der Waals surface area contributed by atoms with Gasteiger partial charge in [-0.25, -0.2) is 8.78 Å². The minimum absolute atomic E-state index is 0.128. The molecule has 0 spiro atoms. The standard InChI is InChI=1S/C32H32F2N2O3/c1-32(2,24-8-4-3-5-9-24)25-11-13-26(14-12-25)38-22-27-15-16-29(39-27)31(37)36-19-17-35(18-20-36)21-23-7-6-10-28(33)30(23)34/h3-16H,17-22H2,1-2H3. The minimum Gasteiger partial charge on any atom is -0.486 e. The summed E-state index contributed by atoms with van der Waals surface area (Å²) in [4.78, 5) is 16.7. The van der Waals surface area contributed by atoms with Crippen molar-refractivity contribution >= 4 is 5.91 Å². The van der Waals surface area contributed by atoms with Crippen LogP contribution in [0.15, 0.2) is 89.3 Å². The van der Waals surface area contributed by atoms with Gasteiger partial charge in [0, 0.05) is 43.7 Å². The monoisotopic (exact) mass is 530 g/mol. The molecule has 3 aromatic carbocycles. The lowest BCUT2D eigenvalue weighted by molar-refractivity contribution is 0.0592. The lowest BCUT2D eigenvalue weighted by atomic mass is 9.78. The second-order valence-electron chi connectivity index (χ2n) is 10.4. The summed E-state index contributed by atoms with van der Waals surface area (Å²) >= 11 is 0. The summed E-state index contributed by atoms with van der Waals surface area (Å²) in [5.74, 6) is -0.301. The maximum absolute atomic E-state index is 14.0. The summed E-state index contributed by atoms with van der Waals surface area (Å²) in [7, 11) is 0. The largest absolute Gasteiger partial charge is 0.486 e. The highest BCUT2D eigenvalue weighted by Gasteiger charge is 2.25. The first kappa shape index (κ1) is 26.6. The molecule has 39 heavy (non-hydrogen) atoms. The number of carbonyl (C=O) groups excluding carboxylic acids is 1. The second-order valence-corrected chi connectivity index (χ2v) is 10.4. The number of hydrogen-bond acceptors (Lipinski definition) is 4. The first-order chi connectivity index (χ1) is 18.8. The Bertz CT molecular complexity index is 1410. The van der Waals surface area contributed by atoms with Crippen LogP contribution in [-0.2, 0) is 18.6 Å². The molecule has 1 aliphatic rings. The van der Waals surface area contributed by atoms with Gasteiger partial charge in [-0.15, -0.1) is 0 Å². The Kier molecular flexibility index (Phi) is 7.79. The number of furan rings is 1. The molecular weight excluding hydrogens is 498 g/mol. The van der Waals surface area contributed by atoms with Crippen molar-refractivity contribution < 1.29 is 22.7 Å². The van der Waals surface area contributed by atoms with Crippen LogP contribution in [-0.4, -0.2) is 41.9 Å². The van der Waals surface area contributed by atoms with Gasteiger partial charge in [0.25, 0.3) is 5.91 Å². The van der Waals surface area contributed by atoms with Gasteiger partial charge in [-0.1, -0.05) is 68.4 Å². The van der Waals surface area contributed by atoms with Crippen LogP contribution >= 0.6 is 0 Å². The number of amides is 1. The third kappa shape index (κ3) is 6.04.